The highest BCUT2D eigenvalue weighted by Gasteiger charge is 2.16. The number of hydrogen-bond donors (Lipinski definition) is 1. The predicted molar refractivity (Wildman–Crippen MR) is 61.2 cm³/mol. The average Bonchev–Trinajstić information content (AvgIpc) is 2.42. The van der Waals surface area contributed by atoms with E-state index in [0.29, 0.717) is 5.56 Å². The molecule has 72 valence electrons. The van der Waals surface area contributed by atoms with Crippen LogP contribution < -0.4 is 0 Å². The van der Waals surface area contributed by atoms with Gasteiger partial charge in [-0.05, 0) is 28.9 Å². The maximum Gasteiger partial charge on any atom is 0.337 e. The number of aryl methyl sites for hydroxylation is 1. The van der Waals surface area contributed by atoms with Gasteiger partial charge >= 0.3 is 5.97 Å². The highest BCUT2D eigenvalue weighted by atomic mass is 79.9. The van der Waals surface area contributed by atoms with Crippen molar-refractivity contribution in [3.63, 3.8) is 0 Å². The van der Waals surface area contributed by atoms with Crippen molar-refractivity contribution in [3.05, 3.63) is 33.1 Å². The summed E-state index contributed by atoms with van der Waals surface area (Å²) >= 11 is 4.92. The van der Waals surface area contributed by atoms with E-state index in [0.717, 1.165) is 19.4 Å². The van der Waals surface area contributed by atoms with E-state index >= 15 is 0 Å². The molecule has 1 heterocycles. The van der Waals surface area contributed by atoms with Gasteiger partial charge in [0.2, 0.25) is 0 Å². The molecular weight excluding hydrogens is 264 g/mol. The first-order chi connectivity index (χ1) is 6.61. The Morgan fingerprint density at radius 1 is 1.50 bits per heavy atom. The number of carbonyl (C=O) groups is 1. The maximum absolute atomic E-state index is 11.0. The van der Waals surface area contributed by atoms with E-state index in [-0.39, 0.29) is 0 Å². The molecule has 2 aromatic rings. The molecule has 1 aromatic carbocycles. The topological polar surface area (TPSA) is 37.3 Å². The van der Waals surface area contributed by atoms with Gasteiger partial charge in [0.1, 0.15) is 0 Å². The lowest BCUT2D eigenvalue weighted by Crippen LogP contribution is -1.96. The summed E-state index contributed by atoms with van der Waals surface area (Å²) in [6.07, 6.45) is 0. The Kier molecular flexibility index (Phi) is 2.33. The van der Waals surface area contributed by atoms with Gasteiger partial charge < -0.3 is 5.11 Å². The van der Waals surface area contributed by atoms with E-state index in [1.54, 1.807) is 0 Å². The molecule has 0 unspecified atom stereocenters. The van der Waals surface area contributed by atoms with Crippen LogP contribution in [-0.2, 0) is 0 Å². The molecule has 0 atom stereocenters. The number of fused-ring (bicyclic) bond motifs is 1. The number of benzene rings is 1. The zero-order chi connectivity index (χ0) is 10.3. The predicted octanol–water partition coefficient (Wildman–Crippen LogP) is 3.67. The fourth-order valence-corrected chi connectivity index (χ4v) is 3.13. The number of rotatable bonds is 1. The molecule has 0 aliphatic carbocycles. The SMILES string of the molecule is Cc1sc2c(Br)cccc2c1C(=O)O. The molecule has 14 heavy (non-hydrogen) atoms. The third kappa shape index (κ3) is 1.35. The molecule has 0 amide bonds. The van der Waals surface area contributed by atoms with Crippen molar-refractivity contribution in [3.8, 4) is 0 Å². The van der Waals surface area contributed by atoms with Crippen LogP contribution in [0, 0.1) is 6.92 Å². The molecule has 0 spiro atoms. The lowest BCUT2D eigenvalue weighted by Gasteiger charge is -1.94. The fourth-order valence-electron chi connectivity index (χ4n) is 1.47. The molecule has 0 saturated heterocycles. The standard InChI is InChI=1S/C10H7BrO2S/c1-5-8(10(12)13)6-3-2-4-7(11)9(6)14-5/h2-4H,1H3,(H,12,13). The van der Waals surface area contributed by atoms with Crippen LogP contribution >= 0.6 is 27.3 Å². The number of carboxylic acids is 1. The van der Waals surface area contributed by atoms with Crippen LogP contribution in [0.5, 0.6) is 0 Å². The van der Waals surface area contributed by atoms with E-state index in [2.05, 4.69) is 15.9 Å². The highest BCUT2D eigenvalue weighted by Crippen LogP contribution is 2.35. The molecule has 1 aromatic heterocycles. The minimum Gasteiger partial charge on any atom is -0.478 e. The highest BCUT2D eigenvalue weighted by molar-refractivity contribution is 9.10. The van der Waals surface area contributed by atoms with Gasteiger partial charge in [-0.3, -0.25) is 0 Å². The Labute approximate surface area is 93.3 Å². The van der Waals surface area contributed by atoms with Crippen molar-refractivity contribution in [1.82, 2.24) is 0 Å². The second-order valence-electron chi connectivity index (χ2n) is 2.95. The summed E-state index contributed by atoms with van der Waals surface area (Å²) in [6.45, 7) is 1.83. The monoisotopic (exact) mass is 270 g/mol. The van der Waals surface area contributed by atoms with Crippen molar-refractivity contribution < 1.29 is 9.90 Å². The first kappa shape index (κ1) is 9.68. The van der Waals surface area contributed by atoms with E-state index in [9.17, 15) is 4.79 Å². The Hall–Kier alpha value is -0.870. The van der Waals surface area contributed by atoms with Crippen LogP contribution in [0.15, 0.2) is 22.7 Å². The Morgan fingerprint density at radius 3 is 2.86 bits per heavy atom. The van der Waals surface area contributed by atoms with Crippen LogP contribution in [0.1, 0.15) is 15.2 Å². The van der Waals surface area contributed by atoms with E-state index in [4.69, 9.17) is 5.11 Å². The Morgan fingerprint density at radius 2 is 2.21 bits per heavy atom. The maximum atomic E-state index is 11.0. The number of carboxylic acid groups (broad SMARTS) is 1. The number of halogens is 1. The van der Waals surface area contributed by atoms with E-state index < -0.39 is 5.97 Å². The first-order valence-corrected chi connectivity index (χ1v) is 5.63. The lowest BCUT2D eigenvalue weighted by atomic mass is 10.1. The summed E-state index contributed by atoms with van der Waals surface area (Å²) in [6, 6.07) is 5.61. The van der Waals surface area contributed by atoms with Crippen LogP contribution in [0.3, 0.4) is 0 Å². The average molecular weight is 271 g/mol. The molecule has 0 aliphatic heterocycles. The summed E-state index contributed by atoms with van der Waals surface area (Å²) in [5.41, 5.74) is 0.423. The molecule has 0 fully saturated rings. The van der Waals surface area contributed by atoms with Gasteiger partial charge in [-0.2, -0.15) is 0 Å². The van der Waals surface area contributed by atoms with Gasteiger partial charge in [-0.25, -0.2) is 4.79 Å². The number of hydrogen-bond acceptors (Lipinski definition) is 2. The second-order valence-corrected chi connectivity index (χ2v) is 5.03. The Balaban J connectivity index is 2.90. The molecular formula is C10H7BrO2S. The third-order valence-corrected chi connectivity index (χ3v) is 4.13. The summed E-state index contributed by atoms with van der Waals surface area (Å²) in [5, 5.41) is 9.85. The largest absolute Gasteiger partial charge is 0.478 e. The molecule has 0 radical (unpaired) electrons. The van der Waals surface area contributed by atoms with Crippen molar-refractivity contribution in [2.24, 2.45) is 0 Å². The van der Waals surface area contributed by atoms with Gasteiger partial charge in [0, 0.05) is 19.4 Å². The zero-order valence-electron chi connectivity index (χ0n) is 7.37. The fraction of sp³-hybridized carbons (Fsp3) is 0.100. The normalized spacial score (nSPS) is 10.7. The van der Waals surface area contributed by atoms with Gasteiger partial charge in [0.25, 0.3) is 0 Å². The molecule has 1 N–H and O–H groups in total. The van der Waals surface area contributed by atoms with Crippen molar-refractivity contribution >= 4 is 43.3 Å². The minimum absolute atomic E-state index is 0.423. The van der Waals surface area contributed by atoms with Crippen LogP contribution in [0.4, 0.5) is 0 Å². The van der Waals surface area contributed by atoms with Crippen molar-refractivity contribution in [2.75, 3.05) is 0 Å². The number of thiophene rings is 1. The lowest BCUT2D eigenvalue weighted by molar-refractivity contribution is 0.0699. The molecule has 2 rings (SSSR count). The van der Waals surface area contributed by atoms with Gasteiger partial charge in [0.05, 0.1) is 5.56 Å². The summed E-state index contributed by atoms with van der Waals surface area (Å²) in [5.74, 6) is -0.855. The first-order valence-electron chi connectivity index (χ1n) is 4.02. The van der Waals surface area contributed by atoms with Crippen LogP contribution in [0.25, 0.3) is 10.1 Å². The van der Waals surface area contributed by atoms with Gasteiger partial charge in [0.15, 0.2) is 0 Å². The van der Waals surface area contributed by atoms with E-state index in [1.807, 2.05) is 25.1 Å². The molecule has 0 aliphatic rings. The summed E-state index contributed by atoms with van der Waals surface area (Å²) < 4.78 is 1.96. The van der Waals surface area contributed by atoms with Crippen LogP contribution in [-0.4, -0.2) is 11.1 Å². The van der Waals surface area contributed by atoms with Crippen molar-refractivity contribution in [2.45, 2.75) is 6.92 Å². The minimum atomic E-state index is -0.855. The quantitative estimate of drug-likeness (QED) is 0.859. The molecule has 0 bridgehead atoms. The summed E-state index contributed by atoms with van der Waals surface area (Å²) in [7, 11) is 0. The Bertz CT molecular complexity index is 516. The van der Waals surface area contributed by atoms with Gasteiger partial charge in [-0.15, -0.1) is 11.3 Å². The van der Waals surface area contributed by atoms with E-state index in [1.165, 1.54) is 11.3 Å². The molecule has 4 heteroatoms. The second kappa shape index (κ2) is 3.37. The van der Waals surface area contributed by atoms with Crippen LogP contribution in [0.2, 0.25) is 0 Å². The molecule has 2 nitrogen and oxygen atoms in total. The zero-order valence-corrected chi connectivity index (χ0v) is 9.78. The number of aromatic carboxylic acids is 1. The smallest absolute Gasteiger partial charge is 0.337 e. The van der Waals surface area contributed by atoms with Crippen molar-refractivity contribution in [1.29, 1.82) is 0 Å². The van der Waals surface area contributed by atoms with Gasteiger partial charge in [-0.1, -0.05) is 12.1 Å². The third-order valence-electron chi connectivity index (χ3n) is 2.06. The molecule has 0 saturated carbocycles. The summed E-state index contributed by atoms with van der Waals surface area (Å²) in [4.78, 5) is 11.8.